The van der Waals surface area contributed by atoms with Crippen LogP contribution in [0.2, 0.25) is 5.02 Å². The molecule has 0 radical (unpaired) electrons. The summed E-state index contributed by atoms with van der Waals surface area (Å²) in [6, 6.07) is 9.65. The van der Waals surface area contributed by atoms with Crippen LogP contribution in [0.1, 0.15) is 43.7 Å². The summed E-state index contributed by atoms with van der Waals surface area (Å²) in [7, 11) is 0. The highest BCUT2D eigenvalue weighted by Crippen LogP contribution is 2.32. The molecule has 2 atom stereocenters. The first-order valence-electron chi connectivity index (χ1n) is 12.5. The average Bonchev–Trinajstić information content (AvgIpc) is 3.56. The fourth-order valence-corrected chi connectivity index (χ4v) is 4.82. The van der Waals surface area contributed by atoms with Gasteiger partial charge in [0.1, 0.15) is 11.8 Å². The number of hydrogen-bond donors (Lipinski definition) is 3. The van der Waals surface area contributed by atoms with Gasteiger partial charge in [-0.2, -0.15) is 10.2 Å². The standard InChI is InChI=1S/C26H32ClN5O5/c27-22-8-4-3-7-19(22)10-12-37-21-14-25(35)32(28-15-21)23(13-18-5-1-2-6-18)26(36)29-24-9-11-31(30-24)16-20(34)17-33/h3-4,7-9,11,14-15,18,20,23,33-34H,1-2,5-6,10,12-13,16-17H2,(H,29,30,36)/t20-,23?/m1/s1. The van der Waals surface area contributed by atoms with Crippen molar-refractivity contribution < 1.29 is 19.7 Å². The number of nitrogens with one attached hydrogen (secondary N) is 1. The van der Waals surface area contributed by atoms with Crippen LogP contribution in [0.25, 0.3) is 0 Å². The highest BCUT2D eigenvalue weighted by molar-refractivity contribution is 6.31. The van der Waals surface area contributed by atoms with Gasteiger partial charge in [-0.15, -0.1) is 0 Å². The molecule has 1 aliphatic rings. The van der Waals surface area contributed by atoms with Crippen LogP contribution in [0.3, 0.4) is 0 Å². The smallest absolute Gasteiger partial charge is 0.271 e. The predicted molar refractivity (Wildman–Crippen MR) is 139 cm³/mol. The monoisotopic (exact) mass is 529 g/mol. The largest absolute Gasteiger partial charge is 0.491 e. The first-order valence-corrected chi connectivity index (χ1v) is 12.9. The Morgan fingerprint density at radius 1 is 1.24 bits per heavy atom. The van der Waals surface area contributed by atoms with Crippen molar-refractivity contribution in [2.75, 3.05) is 18.5 Å². The van der Waals surface area contributed by atoms with Crippen LogP contribution in [0.4, 0.5) is 5.82 Å². The normalized spacial score (nSPS) is 15.4. The molecule has 3 N–H and O–H groups in total. The Balaban J connectivity index is 1.45. The number of nitrogens with zero attached hydrogens (tertiary/aromatic N) is 4. The number of carbonyl (C=O) groups is 1. The van der Waals surface area contributed by atoms with Crippen LogP contribution in [0, 0.1) is 5.92 Å². The number of aliphatic hydroxyl groups excluding tert-OH is 2. The third-order valence-corrected chi connectivity index (χ3v) is 6.90. The van der Waals surface area contributed by atoms with Gasteiger partial charge >= 0.3 is 0 Å². The summed E-state index contributed by atoms with van der Waals surface area (Å²) in [6.45, 7) is 0.0324. The minimum Gasteiger partial charge on any atom is -0.491 e. The number of rotatable bonds is 12. The van der Waals surface area contributed by atoms with Gasteiger partial charge in [0, 0.05) is 29.8 Å². The van der Waals surface area contributed by atoms with E-state index in [4.69, 9.17) is 21.4 Å². The predicted octanol–water partition coefficient (Wildman–Crippen LogP) is 2.83. The molecule has 1 amide bonds. The summed E-state index contributed by atoms with van der Waals surface area (Å²) in [5.41, 5.74) is 0.525. The van der Waals surface area contributed by atoms with Gasteiger partial charge in [-0.1, -0.05) is 55.5 Å². The van der Waals surface area contributed by atoms with Gasteiger partial charge in [0.2, 0.25) is 0 Å². The summed E-state index contributed by atoms with van der Waals surface area (Å²) in [6.07, 6.45) is 7.41. The minimum atomic E-state index is -0.952. The van der Waals surface area contributed by atoms with Gasteiger partial charge < -0.3 is 20.3 Å². The molecule has 37 heavy (non-hydrogen) atoms. The van der Waals surface area contributed by atoms with Crippen molar-refractivity contribution in [2.45, 2.75) is 57.2 Å². The Kier molecular flexibility index (Phi) is 9.32. The molecule has 4 rings (SSSR count). The van der Waals surface area contributed by atoms with Crippen LogP contribution < -0.4 is 15.6 Å². The lowest BCUT2D eigenvalue weighted by Crippen LogP contribution is -2.36. The van der Waals surface area contributed by atoms with E-state index in [-0.39, 0.29) is 19.1 Å². The zero-order chi connectivity index (χ0) is 26.2. The van der Waals surface area contributed by atoms with Gasteiger partial charge in [0.25, 0.3) is 11.5 Å². The zero-order valence-electron chi connectivity index (χ0n) is 20.5. The maximum absolute atomic E-state index is 13.3. The van der Waals surface area contributed by atoms with E-state index in [9.17, 15) is 14.7 Å². The topological polar surface area (TPSA) is 132 Å². The van der Waals surface area contributed by atoms with E-state index < -0.39 is 17.7 Å². The second-order valence-electron chi connectivity index (χ2n) is 9.31. The number of hydrogen-bond acceptors (Lipinski definition) is 7. The quantitative estimate of drug-likeness (QED) is 0.329. The molecule has 10 nitrogen and oxygen atoms in total. The van der Waals surface area contributed by atoms with Crippen LogP contribution in [0.5, 0.6) is 5.75 Å². The summed E-state index contributed by atoms with van der Waals surface area (Å²) < 4.78 is 8.37. The van der Waals surface area contributed by atoms with E-state index in [1.54, 1.807) is 12.3 Å². The van der Waals surface area contributed by atoms with Crippen molar-refractivity contribution in [1.82, 2.24) is 19.6 Å². The molecule has 1 fully saturated rings. The highest BCUT2D eigenvalue weighted by Gasteiger charge is 2.29. The van der Waals surface area contributed by atoms with Crippen molar-refractivity contribution >= 4 is 23.3 Å². The van der Waals surface area contributed by atoms with Gasteiger partial charge in [0.05, 0.1) is 32.1 Å². The molecule has 0 saturated heterocycles. The highest BCUT2D eigenvalue weighted by atomic mass is 35.5. The first-order chi connectivity index (χ1) is 17.9. The molecular weight excluding hydrogens is 498 g/mol. The van der Waals surface area contributed by atoms with E-state index in [2.05, 4.69) is 15.5 Å². The second kappa shape index (κ2) is 12.8. The number of benzene rings is 1. The molecule has 0 aliphatic heterocycles. The Labute approximate surface area is 219 Å². The maximum Gasteiger partial charge on any atom is 0.271 e. The Hall–Kier alpha value is -3.21. The molecule has 1 unspecified atom stereocenters. The van der Waals surface area contributed by atoms with Crippen molar-refractivity contribution in [3.05, 3.63) is 69.7 Å². The average molecular weight is 530 g/mol. The van der Waals surface area contributed by atoms with Gasteiger partial charge in [-0.3, -0.25) is 14.3 Å². The number of carbonyl (C=O) groups excluding carboxylic acids is 1. The molecule has 1 aliphatic carbocycles. The van der Waals surface area contributed by atoms with Gasteiger partial charge in [-0.05, 0) is 24.0 Å². The summed E-state index contributed by atoms with van der Waals surface area (Å²) >= 11 is 6.19. The van der Waals surface area contributed by atoms with Crippen molar-refractivity contribution in [3.63, 3.8) is 0 Å². The third-order valence-electron chi connectivity index (χ3n) is 6.53. The fourth-order valence-electron chi connectivity index (χ4n) is 4.59. The molecule has 3 aromatic rings. The van der Waals surface area contributed by atoms with Gasteiger partial charge in [-0.25, -0.2) is 4.68 Å². The molecule has 1 saturated carbocycles. The molecule has 2 heterocycles. The number of amides is 1. The van der Waals surface area contributed by atoms with Crippen molar-refractivity contribution in [1.29, 1.82) is 0 Å². The number of aliphatic hydroxyl groups is 2. The third kappa shape index (κ3) is 7.41. The molecule has 0 spiro atoms. The van der Waals surface area contributed by atoms with E-state index in [0.29, 0.717) is 42.0 Å². The lowest BCUT2D eigenvalue weighted by atomic mass is 9.98. The number of ether oxygens (including phenoxy) is 1. The zero-order valence-corrected chi connectivity index (χ0v) is 21.3. The van der Waals surface area contributed by atoms with E-state index >= 15 is 0 Å². The molecule has 0 bridgehead atoms. The molecule has 198 valence electrons. The van der Waals surface area contributed by atoms with E-state index in [0.717, 1.165) is 31.2 Å². The van der Waals surface area contributed by atoms with Crippen LogP contribution in [-0.2, 0) is 17.8 Å². The number of anilines is 1. The maximum atomic E-state index is 13.3. The number of aromatic nitrogens is 4. The fraction of sp³-hybridized carbons (Fsp3) is 0.462. The van der Waals surface area contributed by atoms with E-state index in [1.165, 1.54) is 21.6 Å². The lowest BCUT2D eigenvalue weighted by molar-refractivity contribution is -0.120. The molecular formula is C26H32ClN5O5. The Morgan fingerprint density at radius 3 is 2.76 bits per heavy atom. The van der Waals surface area contributed by atoms with Crippen LogP contribution in [-0.4, -0.2) is 55.0 Å². The molecule has 1 aromatic carbocycles. The Morgan fingerprint density at radius 2 is 2.03 bits per heavy atom. The summed E-state index contributed by atoms with van der Waals surface area (Å²) in [5.74, 6) is 0.559. The second-order valence-corrected chi connectivity index (χ2v) is 9.72. The number of halogens is 1. The Bertz CT molecular complexity index is 1240. The van der Waals surface area contributed by atoms with Crippen LogP contribution in [0.15, 0.2) is 53.6 Å². The van der Waals surface area contributed by atoms with E-state index in [1.807, 2.05) is 24.3 Å². The lowest BCUT2D eigenvalue weighted by Gasteiger charge is -2.21. The van der Waals surface area contributed by atoms with Crippen molar-refractivity contribution in [3.8, 4) is 5.75 Å². The minimum absolute atomic E-state index is 0.0941. The molecule has 11 heteroatoms. The van der Waals surface area contributed by atoms with Gasteiger partial charge in [0.15, 0.2) is 5.82 Å². The summed E-state index contributed by atoms with van der Waals surface area (Å²) in [4.78, 5) is 26.3. The van der Waals surface area contributed by atoms with Crippen molar-refractivity contribution in [2.24, 2.45) is 5.92 Å². The molecule has 2 aromatic heterocycles. The SMILES string of the molecule is O=C(Nc1ccn(C[C@@H](O)CO)n1)C(CC1CCCC1)n1ncc(OCCc2ccccc2Cl)cc1=O. The first kappa shape index (κ1) is 26.8. The summed E-state index contributed by atoms with van der Waals surface area (Å²) in [5, 5.41) is 30.6. The van der Waals surface area contributed by atoms with Crippen LogP contribution >= 0.6 is 11.6 Å².